The second-order valence-corrected chi connectivity index (χ2v) is 6.77. The number of aliphatic hydroxyl groups excluding tert-OH is 1. The molecule has 1 saturated carbocycles. The molecule has 2 aliphatic rings. The van der Waals surface area contributed by atoms with Gasteiger partial charge in [-0.1, -0.05) is 19.1 Å². The highest BCUT2D eigenvalue weighted by Crippen LogP contribution is 2.37. The molecule has 0 radical (unpaired) electrons. The summed E-state index contributed by atoms with van der Waals surface area (Å²) in [6.45, 7) is 3.18. The van der Waals surface area contributed by atoms with Gasteiger partial charge in [-0.3, -0.25) is 0 Å². The van der Waals surface area contributed by atoms with Crippen LogP contribution in [-0.2, 0) is 0 Å². The second kappa shape index (κ2) is 6.24. The van der Waals surface area contributed by atoms with E-state index < -0.39 is 6.10 Å². The van der Waals surface area contributed by atoms with Crippen LogP contribution in [0.4, 0.5) is 9.18 Å². The van der Waals surface area contributed by atoms with Crippen LogP contribution in [0.15, 0.2) is 24.3 Å². The molecular weight excluding hydrogens is 283 g/mol. The molecule has 2 fully saturated rings. The summed E-state index contributed by atoms with van der Waals surface area (Å²) in [7, 11) is 0. The third-order valence-electron chi connectivity index (χ3n) is 4.73. The van der Waals surface area contributed by atoms with Crippen LogP contribution in [0.2, 0.25) is 0 Å². The van der Waals surface area contributed by atoms with Crippen molar-refractivity contribution in [1.29, 1.82) is 0 Å². The number of nitrogens with one attached hydrogen (secondary N) is 1. The molecule has 2 N–H and O–H groups in total. The van der Waals surface area contributed by atoms with E-state index in [1.165, 1.54) is 12.1 Å². The van der Waals surface area contributed by atoms with Crippen LogP contribution in [-0.4, -0.2) is 41.3 Å². The van der Waals surface area contributed by atoms with Gasteiger partial charge in [-0.15, -0.1) is 0 Å². The molecule has 1 aliphatic heterocycles. The Bertz CT molecular complexity index is 518. The number of hydrogen-bond donors (Lipinski definition) is 2. The van der Waals surface area contributed by atoms with E-state index in [1.54, 1.807) is 4.90 Å². The van der Waals surface area contributed by atoms with Crippen molar-refractivity contribution in [2.45, 2.75) is 44.2 Å². The first kappa shape index (κ1) is 15.3. The second-order valence-electron chi connectivity index (χ2n) is 6.77. The van der Waals surface area contributed by atoms with Crippen molar-refractivity contribution in [1.82, 2.24) is 10.2 Å². The van der Waals surface area contributed by atoms with Gasteiger partial charge in [0, 0.05) is 19.1 Å². The Balaban J connectivity index is 1.47. The Morgan fingerprint density at radius 2 is 1.91 bits per heavy atom. The molecule has 1 aromatic rings. The number of carbonyl (C=O) groups is 1. The molecule has 0 spiro atoms. The van der Waals surface area contributed by atoms with E-state index >= 15 is 0 Å². The number of hydrogen-bond acceptors (Lipinski definition) is 2. The summed E-state index contributed by atoms with van der Waals surface area (Å²) in [4.78, 5) is 13.9. The number of β-amino-alcohol motifs (C(OH)–C–C–N with tert-alkyl or cyclic N) is 1. The lowest BCUT2D eigenvalue weighted by atomic mass is 9.76. The topological polar surface area (TPSA) is 52.6 Å². The molecular formula is C17H23FN2O2. The van der Waals surface area contributed by atoms with E-state index in [0.717, 1.165) is 24.8 Å². The first-order valence-electron chi connectivity index (χ1n) is 8.00. The molecule has 3 rings (SSSR count). The molecule has 2 atom stereocenters. The molecule has 120 valence electrons. The van der Waals surface area contributed by atoms with E-state index in [1.807, 2.05) is 12.1 Å². The Morgan fingerprint density at radius 1 is 1.23 bits per heavy atom. The molecule has 0 unspecified atom stereocenters. The summed E-state index contributed by atoms with van der Waals surface area (Å²) in [5.41, 5.74) is 1.13. The van der Waals surface area contributed by atoms with Gasteiger partial charge in [0.05, 0.1) is 6.10 Å². The summed E-state index contributed by atoms with van der Waals surface area (Å²) in [5.74, 6) is 0.519. The van der Waals surface area contributed by atoms with Crippen molar-refractivity contribution in [3.05, 3.63) is 35.6 Å². The maximum Gasteiger partial charge on any atom is 0.317 e. The van der Waals surface area contributed by atoms with Crippen molar-refractivity contribution >= 4 is 6.03 Å². The van der Waals surface area contributed by atoms with Gasteiger partial charge in [0.1, 0.15) is 5.82 Å². The minimum atomic E-state index is -0.414. The molecule has 0 bridgehead atoms. The lowest BCUT2D eigenvalue weighted by Gasteiger charge is -2.39. The standard InChI is InChI=1S/C17H23FN2O2/c1-11-6-16(21)10-20(9-11)17(22)19-15-7-13(8-15)12-2-4-14(18)5-3-12/h2-5,11,13,15-16,21H,6-10H2,1H3,(H,19,22)/t11-,13?,15?,16+/m1/s1. The SMILES string of the molecule is C[C@@H]1C[C@H](O)CN(C(=O)NC2CC(c3ccc(F)cc3)C2)C1. The van der Waals surface area contributed by atoms with Crippen LogP contribution in [0.1, 0.15) is 37.7 Å². The average molecular weight is 306 g/mol. The van der Waals surface area contributed by atoms with E-state index in [9.17, 15) is 14.3 Å². The van der Waals surface area contributed by atoms with E-state index in [4.69, 9.17) is 0 Å². The summed E-state index contributed by atoms with van der Waals surface area (Å²) in [5, 5.41) is 12.8. The monoisotopic (exact) mass is 306 g/mol. The summed E-state index contributed by atoms with van der Waals surface area (Å²) >= 11 is 0. The molecule has 1 heterocycles. The van der Waals surface area contributed by atoms with Crippen molar-refractivity contribution in [2.75, 3.05) is 13.1 Å². The van der Waals surface area contributed by atoms with Crippen LogP contribution < -0.4 is 5.32 Å². The summed E-state index contributed by atoms with van der Waals surface area (Å²) in [6.07, 6.45) is 2.13. The zero-order valence-electron chi connectivity index (χ0n) is 12.8. The largest absolute Gasteiger partial charge is 0.391 e. The van der Waals surface area contributed by atoms with Gasteiger partial charge in [-0.2, -0.15) is 0 Å². The number of amides is 2. The van der Waals surface area contributed by atoms with Gasteiger partial charge in [0.15, 0.2) is 0 Å². The van der Waals surface area contributed by atoms with Crippen LogP contribution in [0.3, 0.4) is 0 Å². The van der Waals surface area contributed by atoms with Gasteiger partial charge in [-0.25, -0.2) is 9.18 Å². The third-order valence-corrected chi connectivity index (χ3v) is 4.73. The number of aliphatic hydroxyl groups is 1. The Labute approximate surface area is 130 Å². The van der Waals surface area contributed by atoms with Gasteiger partial charge in [0.2, 0.25) is 0 Å². The number of halogens is 1. The van der Waals surface area contributed by atoms with E-state index in [0.29, 0.717) is 24.9 Å². The maximum atomic E-state index is 12.9. The van der Waals surface area contributed by atoms with Gasteiger partial charge in [-0.05, 0) is 48.8 Å². The molecule has 22 heavy (non-hydrogen) atoms. The Kier molecular flexibility index (Phi) is 4.34. The van der Waals surface area contributed by atoms with Crippen LogP contribution >= 0.6 is 0 Å². The van der Waals surface area contributed by atoms with Crippen molar-refractivity contribution in [3.63, 3.8) is 0 Å². The average Bonchev–Trinajstić information content (AvgIpc) is 2.42. The first-order chi connectivity index (χ1) is 10.5. The van der Waals surface area contributed by atoms with Gasteiger partial charge < -0.3 is 15.3 Å². The highest BCUT2D eigenvalue weighted by Gasteiger charge is 2.34. The molecule has 1 aromatic carbocycles. The van der Waals surface area contributed by atoms with Crippen molar-refractivity contribution < 1.29 is 14.3 Å². The number of rotatable bonds is 2. The van der Waals surface area contributed by atoms with Crippen LogP contribution in [0.25, 0.3) is 0 Å². The van der Waals surface area contributed by atoms with E-state index in [-0.39, 0.29) is 17.9 Å². The predicted molar refractivity (Wildman–Crippen MR) is 82.1 cm³/mol. The molecule has 1 aliphatic carbocycles. The normalized spacial score (nSPS) is 31.5. The molecule has 4 nitrogen and oxygen atoms in total. The Morgan fingerprint density at radius 3 is 2.55 bits per heavy atom. The first-order valence-corrected chi connectivity index (χ1v) is 8.00. The lowest BCUT2D eigenvalue weighted by molar-refractivity contribution is 0.0584. The molecule has 5 heteroatoms. The fourth-order valence-electron chi connectivity index (χ4n) is 3.49. The van der Waals surface area contributed by atoms with Crippen molar-refractivity contribution in [2.24, 2.45) is 5.92 Å². The quantitative estimate of drug-likeness (QED) is 0.882. The fraction of sp³-hybridized carbons (Fsp3) is 0.588. The zero-order valence-corrected chi connectivity index (χ0v) is 12.8. The number of nitrogens with zero attached hydrogens (tertiary/aromatic N) is 1. The van der Waals surface area contributed by atoms with Gasteiger partial charge in [0.25, 0.3) is 0 Å². The molecule has 2 amide bonds. The highest BCUT2D eigenvalue weighted by molar-refractivity contribution is 5.74. The highest BCUT2D eigenvalue weighted by atomic mass is 19.1. The summed E-state index contributed by atoms with van der Waals surface area (Å²) in [6, 6.07) is 6.71. The fourth-order valence-corrected chi connectivity index (χ4v) is 3.49. The summed E-state index contributed by atoms with van der Waals surface area (Å²) < 4.78 is 12.9. The van der Waals surface area contributed by atoms with Gasteiger partial charge >= 0.3 is 6.03 Å². The van der Waals surface area contributed by atoms with E-state index in [2.05, 4.69) is 12.2 Å². The molecule has 1 saturated heterocycles. The third kappa shape index (κ3) is 3.40. The Hall–Kier alpha value is -1.62. The minimum absolute atomic E-state index is 0.0758. The lowest BCUT2D eigenvalue weighted by Crippen LogP contribution is -2.54. The smallest absolute Gasteiger partial charge is 0.317 e. The number of benzene rings is 1. The van der Waals surface area contributed by atoms with Crippen molar-refractivity contribution in [3.8, 4) is 0 Å². The number of urea groups is 1. The zero-order chi connectivity index (χ0) is 15.7. The minimum Gasteiger partial charge on any atom is -0.391 e. The number of carbonyl (C=O) groups excluding carboxylic acids is 1. The number of likely N-dealkylation sites (tertiary alicyclic amines) is 1. The van der Waals surface area contributed by atoms with Crippen LogP contribution in [0, 0.1) is 11.7 Å². The number of piperidine rings is 1. The van der Waals surface area contributed by atoms with Crippen LogP contribution in [0.5, 0.6) is 0 Å². The maximum absolute atomic E-state index is 12.9. The molecule has 0 aromatic heterocycles. The predicted octanol–water partition coefficient (Wildman–Crippen LogP) is 2.48.